The molecule has 1 aromatic carbocycles. The van der Waals surface area contributed by atoms with E-state index in [9.17, 15) is 0 Å². The Bertz CT molecular complexity index is 502. The van der Waals surface area contributed by atoms with E-state index in [4.69, 9.17) is 22.1 Å². The van der Waals surface area contributed by atoms with E-state index in [2.05, 4.69) is 4.98 Å². The fourth-order valence-corrected chi connectivity index (χ4v) is 1.64. The van der Waals surface area contributed by atoms with Crippen LogP contribution in [0.1, 0.15) is 11.3 Å². The fourth-order valence-electron chi connectivity index (χ4n) is 1.45. The lowest BCUT2D eigenvalue weighted by Crippen LogP contribution is -2.02. The Morgan fingerprint density at radius 2 is 2.06 bits per heavy atom. The van der Waals surface area contributed by atoms with Gasteiger partial charge in [-0.15, -0.1) is 0 Å². The summed E-state index contributed by atoms with van der Waals surface area (Å²) in [7, 11) is 0. The first-order valence-corrected chi connectivity index (χ1v) is 5.68. The van der Waals surface area contributed by atoms with Gasteiger partial charge in [0.25, 0.3) is 0 Å². The van der Waals surface area contributed by atoms with Crippen LogP contribution < -0.4 is 10.5 Å². The SMILES string of the molecule is NCc1ccnc(COc2ccccc2Cl)c1. The van der Waals surface area contributed by atoms with Crippen molar-refractivity contribution >= 4 is 11.6 Å². The van der Waals surface area contributed by atoms with Gasteiger partial charge in [-0.05, 0) is 29.8 Å². The number of pyridine rings is 1. The maximum absolute atomic E-state index is 5.98. The maximum Gasteiger partial charge on any atom is 0.138 e. The lowest BCUT2D eigenvalue weighted by Gasteiger charge is -2.07. The molecule has 0 spiro atoms. The quantitative estimate of drug-likeness (QED) is 0.905. The molecule has 2 N–H and O–H groups in total. The molecule has 0 fully saturated rings. The zero-order valence-corrected chi connectivity index (χ0v) is 10.0. The topological polar surface area (TPSA) is 48.1 Å². The van der Waals surface area contributed by atoms with Crippen LogP contribution in [0.3, 0.4) is 0 Å². The summed E-state index contributed by atoms with van der Waals surface area (Å²) >= 11 is 5.98. The van der Waals surface area contributed by atoms with Gasteiger partial charge in [0.1, 0.15) is 12.4 Å². The van der Waals surface area contributed by atoms with Crippen molar-refractivity contribution in [2.24, 2.45) is 5.73 Å². The highest BCUT2D eigenvalue weighted by Crippen LogP contribution is 2.23. The second kappa shape index (κ2) is 5.66. The van der Waals surface area contributed by atoms with E-state index in [0.29, 0.717) is 23.9 Å². The molecule has 2 aromatic rings. The third-order valence-electron chi connectivity index (χ3n) is 2.33. The maximum atomic E-state index is 5.98. The van der Waals surface area contributed by atoms with Crippen LogP contribution in [-0.4, -0.2) is 4.98 Å². The Balaban J connectivity index is 2.05. The Hall–Kier alpha value is -1.58. The first kappa shape index (κ1) is 11.9. The van der Waals surface area contributed by atoms with Crippen molar-refractivity contribution in [1.29, 1.82) is 0 Å². The van der Waals surface area contributed by atoms with Crippen LogP contribution in [0, 0.1) is 0 Å². The molecule has 0 saturated carbocycles. The average molecular weight is 249 g/mol. The second-order valence-electron chi connectivity index (χ2n) is 3.58. The van der Waals surface area contributed by atoms with Gasteiger partial charge in [0.05, 0.1) is 10.7 Å². The molecule has 0 saturated heterocycles. The summed E-state index contributed by atoms with van der Waals surface area (Å²) in [6.07, 6.45) is 1.73. The van der Waals surface area contributed by atoms with E-state index in [1.807, 2.05) is 30.3 Å². The molecule has 88 valence electrons. The lowest BCUT2D eigenvalue weighted by atomic mass is 10.2. The number of hydrogen-bond acceptors (Lipinski definition) is 3. The van der Waals surface area contributed by atoms with E-state index in [-0.39, 0.29) is 0 Å². The molecule has 2 rings (SSSR count). The van der Waals surface area contributed by atoms with Crippen molar-refractivity contribution in [3.63, 3.8) is 0 Å². The van der Waals surface area contributed by atoms with Gasteiger partial charge < -0.3 is 10.5 Å². The summed E-state index contributed by atoms with van der Waals surface area (Å²) in [5.41, 5.74) is 7.44. The fraction of sp³-hybridized carbons (Fsp3) is 0.154. The lowest BCUT2D eigenvalue weighted by molar-refractivity contribution is 0.301. The molecule has 0 aliphatic rings. The zero-order chi connectivity index (χ0) is 12.1. The number of aromatic nitrogens is 1. The van der Waals surface area contributed by atoms with Crippen LogP contribution in [0.4, 0.5) is 0 Å². The van der Waals surface area contributed by atoms with Gasteiger partial charge in [-0.25, -0.2) is 0 Å². The molecule has 0 aliphatic carbocycles. The Kier molecular flexibility index (Phi) is 3.96. The minimum atomic E-state index is 0.386. The number of nitrogens with zero attached hydrogens (tertiary/aromatic N) is 1. The zero-order valence-electron chi connectivity index (χ0n) is 9.27. The minimum absolute atomic E-state index is 0.386. The molecule has 1 heterocycles. The van der Waals surface area contributed by atoms with E-state index < -0.39 is 0 Å². The van der Waals surface area contributed by atoms with Crippen molar-refractivity contribution in [3.05, 3.63) is 58.9 Å². The predicted octanol–water partition coefficient (Wildman–Crippen LogP) is 2.77. The molecule has 3 nitrogen and oxygen atoms in total. The highest BCUT2D eigenvalue weighted by molar-refractivity contribution is 6.32. The predicted molar refractivity (Wildman–Crippen MR) is 67.9 cm³/mol. The van der Waals surface area contributed by atoms with Gasteiger partial charge in [0, 0.05) is 12.7 Å². The van der Waals surface area contributed by atoms with E-state index in [1.165, 1.54) is 0 Å². The molecule has 17 heavy (non-hydrogen) atoms. The molecular weight excluding hydrogens is 236 g/mol. The van der Waals surface area contributed by atoms with Crippen molar-refractivity contribution in [2.45, 2.75) is 13.2 Å². The first-order valence-electron chi connectivity index (χ1n) is 5.31. The van der Waals surface area contributed by atoms with Gasteiger partial charge >= 0.3 is 0 Å². The van der Waals surface area contributed by atoms with E-state index >= 15 is 0 Å². The number of ether oxygens (including phenoxy) is 1. The molecule has 0 unspecified atom stereocenters. The average Bonchev–Trinajstić information content (AvgIpc) is 2.38. The number of para-hydroxylation sites is 1. The van der Waals surface area contributed by atoms with Crippen LogP contribution in [-0.2, 0) is 13.2 Å². The summed E-state index contributed by atoms with van der Waals surface area (Å²) in [5, 5.41) is 0.600. The second-order valence-corrected chi connectivity index (χ2v) is 3.99. The standard InChI is InChI=1S/C13H13ClN2O/c14-12-3-1-2-4-13(12)17-9-11-7-10(8-15)5-6-16-11/h1-7H,8-9,15H2. The third kappa shape index (κ3) is 3.19. The molecule has 1 aromatic heterocycles. The van der Waals surface area contributed by atoms with Crippen LogP contribution in [0.25, 0.3) is 0 Å². The van der Waals surface area contributed by atoms with Crippen LogP contribution in [0.15, 0.2) is 42.6 Å². The van der Waals surface area contributed by atoms with Crippen LogP contribution >= 0.6 is 11.6 Å². The Labute approximate surface area is 105 Å². The van der Waals surface area contributed by atoms with Gasteiger partial charge in [-0.1, -0.05) is 23.7 Å². The van der Waals surface area contributed by atoms with Gasteiger partial charge in [-0.2, -0.15) is 0 Å². The smallest absolute Gasteiger partial charge is 0.138 e. The summed E-state index contributed by atoms with van der Waals surface area (Å²) in [5.74, 6) is 0.661. The molecule has 4 heteroatoms. The highest BCUT2D eigenvalue weighted by Gasteiger charge is 2.01. The van der Waals surface area contributed by atoms with Gasteiger partial charge in [0.2, 0.25) is 0 Å². The normalized spacial score (nSPS) is 10.2. The number of benzene rings is 1. The van der Waals surface area contributed by atoms with Crippen LogP contribution in [0.5, 0.6) is 5.75 Å². The summed E-state index contributed by atoms with van der Waals surface area (Å²) in [6, 6.07) is 11.2. The Morgan fingerprint density at radius 1 is 1.24 bits per heavy atom. The van der Waals surface area contributed by atoms with E-state index in [1.54, 1.807) is 12.3 Å². The molecule has 0 amide bonds. The van der Waals surface area contributed by atoms with Crippen LogP contribution in [0.2, 0.25) is 5.02 Å². The molecular formula is C13H13ClN2O. The largest absolute Gasteiger partial charge is 0.486 e. The molecule has 0 aliphatic heterocycles. The number of hydrogen-bond donors (Lipinski definition) is 1. The minimum Gasteiger partial charge on any atom is -0.486 e. The van der Waals surface area contributed by atoms with Gasteiger partial charge in [0.15, 0.2) is 0 Å². The van der Waals surface area contributed by atoms with Crippen molar-refractivity contribution in [1.82, 2.24) is 4.98 Å². The van der Waals surface area contributed by atoms with E-state index in [0.717, 1.165) is 11.3 Å². The Morgan fingerprint density at radius 3 is 2.82 bits per heavy atom. The number of nitrogens with two attached hydrogens (primary N) is 1. The molecule has 0 atom stereocenters. The van der Waals surface area contributed by atoms with Crippen molar-refractivity contribution < 1.29 is 4.74 Å². The summed E-state index contributed by atoms with van der Waals surface area (Å²) in [4.78, 5) is 4.21. The molecule has 0 bridgehead atoms. The summed E-state index contributed by atoms with van der Waals surface area (Å²) in [6.45, 7) is 0.888. The number of rotatable bonds is 4. The van der Waals surface area contributed by atoms with Crippen molar-refractivity contribution in [3.8, 4) is 5.75 Å². The highest BCUT2D eigenvalue weighted by atomic mass is 35.5. The molecule has 0 radical (unpaired) electrons. The van der Waals surface area contributed by atoms with Gasteiger partial charge in [-0.3, -0.25) is 4.98 Å². The number of halogens is 1. The third-order valence-corrected chi connectivity index (χ3v) is 2.64. The first-order chi connectivity index (χ1) is 8.29. The summed E-state index contributed by atoms with van der Waals surface area (Å²) < 4.78 is 5.59. The van der Waals surface area contributed by atoms with Crippen molar-refractivity contribution in [2.75, 3.05) is 0 Å². The monoisotopic (exact) mass is 248 g/mol.